The van der Waals surface area contributed by atoms with Gasteiger partial charge in [0.2, 0.25) is 5.95 Å². The lowest BCUT2D eigenvalue weighted by Crippen LogP contribution is -2.40. The zero-order valence-electron chi connectivity index (χ0n) is 24.0. The molecule has 1 aliphatic heterocycles. The molecule has 1 saturated heterocycles. The third-order valence-electron chi connectivity index (χ3n) is 5.28. The van der Waals surface area contributed by atoms with Crippen molar-refractivity contribution in [1.29, 1.82) is 0 Å². The van der Waals surface area contributed by atoms with Crippen LogP contribution in [0.25, 0.3) is 0 Å². The van der Waals surface area contributed by atoms with Crippen LogP contribution in [0, 0.1) is 5.92 Å². The van der Waals surface area contributed by atoms with Gasteiger partial charge in [-0.25, -0.2) is 4.98 Å². The summed E-state index contributed by atoms with van der Waals surface area (Å²) in [5.41, 5.74) is 7.63. The maximum absolute atomic E-state index is 12.7. The number of aromatic nitrogens is 2. The molecule has 4 N–H and O–H groups in total. The Balaban J connectivity index is 0.00000156. The zero-order valence-corrected chi connectivity index (χ0v) is 24.0. The van der Waals surface area contributed by atoms with E-state index < -0.39 is 0 Å². The number of allylic oxidation sites excluding steroid dienone is 4. The van der Waals surface area contributed by atoms with Gasteiger partial charge in [0.05, 0.1) is 38.4 Å². The highest BCUT2D eigenvalue weighted by molar-refractivity contribution is 5.63. The Morgan fingerprint density at radius 2 is 1.94 bits per heavy atom. The SMILES string of the molecule is C/C(=C\C(C)CF)NCN(c1nc(NCCN2CCOCC2)ncc1N)C(C)C.C/C=C\CC.CC. The van der Waals surface area contributed by atoms with E-state index in [-0.39, 0.29) is 18.6 Å². The molecule has 0 bridgehead atoms. The van der Waals surface area contributed by atoms with Crippen LogP contribution >= 0.6 is 0 Å². The Hall–Kier alpha value is -2.39. The molecule has 0 aliphatic carbocycles. The summed E-state index contributed by atoms with van der Waals surface area (Å²) < 4.78 is 18.1. The van der Waals surface area contributed by atoms with Gasteiger partial charge >= 0.3 is 0 Å². The number of nitrogens with two attached hydrogens (primary N) is 1. The molecule has 0 amide bonds. The number of hydrogen-bond donors (Lipinski definition) is 3. The number of alkyl halides is 1. The highest BCUT2D eigenvalue weighted by Crippen LogP contribution is 2.22. The van der Waals surface area contributed by atoms with Gasteiger partial charge in [-0.05, 0) is 34.1 Å². The number of morpholine rings is 1. The van der Waals surface area contributed by atoms with E-state index >= 15 is 0 Å². The molecule has 8 nitrogen and oxygen atoms in total. The van der Waals surface area contributed by atoms with Crippen molar-refractivity contribution in [3.63, 3.8) is 0 Å². The van der Waals surface area contributed by atoms with Crippen molar-refractivity contribution in [2.45, 2.75) is 67.9 Å². The lowest BCUT2D eigenvalue weighted by atomic mass is 10.2. The van der Waals surface area contributed by atoms with Gasteiger partial charge in [0, 0.05) is 43.8 Å². The quantitative estimate of drug-likeness (QED) is 0.266. The first-order valence-electron chi connectivity index (χ1n) is 13.3. The van der Waals surface area contributed by atoms with E-state index in [0.717, 1.165) is 51.5 Å². The number of ether oxygens (including phenoxy) is 1. The maximum Gasteiger partial charge on any atom is 0.224 e. The summed E-state index contributed by atoms with van der Waals surface area (Å²) in [6.07, 6.45) is 8.87. The van der Waals surface area contributed by atoms with E-state index in [9.17, 15) is 4.39 Å². The first-order valence-corrected chi connectivity index (χ1v) is 13.3. The van der Waals surface area contributed by atoms with E-state index in [1.807, 2.05) is 40.7 Å². The average Bonchev–Trinajstić information content (AvgIpc) is 2.88. The third-order valence-corrected chi connectivity index (χ3v) is 5.28. The van der Waals surface area contributed by atoms with Crippen molar-refractivity contribution in [1.82, 2.24) is 20.2 Å². The molecular formula is C27H52FN7O. The van der Waals surface area contributed by atoms with Crippen LogP contribution in [0.5, 0.6) is 0 Å². The molecule has 1 atom stereocenters. The van der Waals surface area contributed by atoms with Crippen LogP contribution in [0.1, 0.15) is 61.8 Å². The van der Waals surface area contributed by atoms with Crippen molar-refractivity contribution in [2.75, 3.05) is 68.7 Å². The smallest absolute Gasteiger partial charge is 0.224 e. The Labute approximate surface area is 219 Å². The first-order chi connectivity index (χ1) is 17.3. The fourth-order valence-electron chi connectivity index (χ4n) is 3.33. The predicted octanol–water partition coefficient (Wildman–Crippen LogP) is 5.07. The molecule has 0 aromatic carbocycles. The summed E-state index contributed by atoms with van der Waals surface area (Å²) in [5.74, 6) is 1.13. The van der Waals surface area contributed by atoms with Gasteiger partial charge < -0.3 is 26.0 Å². The fourth-order valence-corrected chi connectivity index (χ4v) is 3.33. The van der Waals surface area contributed by atoms with E-state index in [0.29, 0.717) is 24.1 Å². The van der Waals surface area contributed by atoms with E-state index in [1.165, 1.54) is 0 Å². The first kappa shape index (κ1) is 33.6. The number of nitrogen functional groups attached to an aromatic ring is 1. The van der Waals surface area contributed by atoms with Crippen molar-refractivity contribution < 1.29 is 9.13 Å². The molecule has 9 heteroatoms. The molecule has 2 heterocycles. The van der Waals surface area contributed by atoms with Gasteiger partial charge in [-0.3, -0.25) is 9.29 Å². The molecule has 1 unspecified atom stereocenters. The van der Waals surface area contributed by atoms with E-state index in [2.05, 4.69) is 63.3 Å². The second-order valence-corrected chi connectivity index (χ2v) is 8.71. The number of anilines is 3. The van der Waals surface area contributed by atoms with Gasteiger partial charge in [0.1, 0.15) is 0 Å². The number of rotatable bonds is 12. The summed E-state index contributed by atoms with van der Waals surface area (Å²) >= 11 is 0. The maximum atomic E-state index is 12.7. The van der Waals surface area contributed by atoms with Gasteiger partial charge in [-0.1, -0.05) is 45.9 Å². The number of hydrogen-bond acceptors (Lipinski definition) is 8. The lowest BCUT2D eigenvalue weighted by Gasteiger charge is -2.30. The van der Waals surface area contributed by atoms with Crippen molar-refractivity contribution in [3.8, 4) is 0 Å². The summed E-state index contributed by atoms with van der Waals surface area (Å²) in [6.45, 7) is 21.4. The molecule has 1 aromatic heterocycles. The summed E-state index contributed by atoms with van der Waals surface area (Å²) in [4.78, 5) is 13.4. The molecule has 208 valence electrons. The molecule has 0 spiro atoms. The fraction of sp³-hybridized carbons (Fsp3) is 0.704. The monoisotopic (exact) mass is 509 g/mol. The summed E-state index contributed by atoms with van der Waals surface area (Å²) in [5, 5.41) is 6.62. The second kappa shape index (κ2) is 20.8. The molecule has 0 saturated carbocycles. The van der Waals surface area contributed by atoms with Crippen LogP contribution in [-0.4, -0.2) is 73.6 Å². The Morgan fingerprint density at radius 3 is 2.47 bits per heavy atom. The highest BCUT2D eigenvalue weighted by atomic mass is 19.1. The molecule has 2 rings (SSSR count). The third kappa shape index (κ3) is 14.2. The number of halogens is 1. The molecule has 1 fully saturated rings. The summed E-state index contributed by atoms with van der Waals surface area (Å²) in [7, 11) is 0. The molecule has 1 aromatic rings. The zero-order chi connectivity index (χ0) is 27.3. The van der Waals surface area contributed by atoms with Crippen molar-refractivity contribution >= 4 is 17.5 Å². The van der Waals surface area contributed by atoms with Crippen LogP contribution in [0.4, 0.5) is 21.8 Å². The minimum atomic E-state index is -0.370. The summed E-state index contributed by atoms with van der Waals surface area (Å²) in [6, 6.07) is 0.173. The molecule has 36 heavy (non-hydrogen) atoms. The van der Waals surface area contributed by atoms with E-state index in [1.54, 1.807) is 6.20 Å². The van der Waals surface area contributed by atoms with Gasteiger partial charge in [-0.15, -0.1) is 0 Å². The molecule has 0 radical (unpaired) electrons. The highest BCUT2D eigenvalue weighted by Gasteiger charge is 2.17. The minimum Gasteiger partial charge on any atom is -0.394 e. The second-order valence-electron chi connectivity index (χ2n) is 8.71. The van der Waals surface area contributed by atoms with Crippen LogP contribution in [-0.2, 0) is 4.74 Å². The van der Waals surface area contributed by atoms with Crippen molar-refractivity contribution in [2.24, 2.45) is 5.92 Å². The van der Waals surface area contributed by atoms with Gasteiger partial charge in [0.25, 0.3) is 0 Å². The van der Waals surface area contributed by atoms with Crippen LogP contribution in [0.3, 0.4) is 0 Å². The normalized spacial score (nSPS) is 15.0. The topological polar surface area (TPSA) is 91.6 Å². The largest absolute Gasteiger partial charge is 0.394 e. The van der Waals surface area contributed by atoms with Gasteiger partial charge in [0.15, 0.2) is 5.82 Å². The standard InChI is InChI=1S/C20H36FN7O.C5H10.C2H6/c1-15(2)28(14-25-17(4)11-16(3)12-21)19-18(22)13-24-20(26-19)23-5-6-27-7-9-29-10-8-27;1-3-5-4-2;1-2/h11,13,15-16,25H,5-10,12,14,22H2,1-4H3,(H,23,24,26);3,5H,4H2,1-2H3;1-2H3/b17-11+;5-3-;. The molecular weight excluding hydrogens is 457 g/mol. The lowest BCUT2D eigenvalue weighted by molar-refractivity contribution is 0.0398. The Morgan fingerprint density at radius 1 is 1.28 bits per heavy atom. The minimum absolute atomic E-state index is 0.110. The molecule has 1 aliphatic rings. The van der Waals surface area contributed by atoms with Crippen LogP contribution < -0.4 is 21.3 Å². The predicted molar refractivity (Wildman–Crippen MR) is 153 cm³/mol. The van der Waals surface area contributed by atoms with Gasteiger partial charge in [-0.2, -0.15) is 4.98 Å². The van der Waals surface area contributed by atoms with Crippen LogP contribution in [0.2, 0.25) is 0 Å². The Bertz CT molecular complexity index is 737. The van der Waals surface area contributed by atoms with Crippen molar-refractivity contribution in [3.05, 3.63) is 30.1 Å². The number of nitrogens with one attached hydrogen (secondary N) is 2. The van der Waals surface area contributed by atoms with E-state index in [4.69, 9.17) is 10.5 Å². The Kier molecular flexibility index (Phi) is 19.4. The average molecular weight is 510 g/mol. The number of nitrogens with zero attached hydrogens (tertiary/aromatic N) is 4. The van der Waals surface area contributed by atoms with Crippen LogP contribution in [0.15, 0.2) is 30.1 Å².